The second-order valence-electron chi connectivity index (χ2n) is 4.50. The SMILES string of the molecule is CC(=O)[NH+]1CCN(C)C1c1ccccc1.[O-][Cl+3]([O-])([O-])[O-]. The van der Waals surface area contributed by atoms with E-state index in [0.717, 1.165) is 18.0 Å². The molecular formula is C12H17ClN2O5. The third-order valence-corrected chi connectivity index (χ3v) is 3.07. The molecule has 1 heterocycles. The number of carbonyl (C=O) groups excluding carboxylic acids is 1. The van der Waals surface area contributed by atoms with Gasteiger partial charge in [-0.3, -0.25) is 4.90 Å². The molecule has 1 aliphatic heterocycles. The number of nitrogens with zero attached hydrogens (tertiary/aromatic N) is 1. The second-order valence-corrected chi connectivity index (χ2v) is 5.26. The third kappa shape index (κ3) is 5.51. The zero-order chi connectivity index (χ0) is 15.3. The Bertz CT molecular complexity index is 431. The van der Waals surface area contributed by atoms with E-state index in [1.165, 1.54) is 5.56 Å². The molecule has 1 fully saturated rings. The molecule has 0 aliphatic carbocycles. The molecule has 0 radical (unpaired) electrons. The summed E-state index contributed by atoms with van der Waals surface area (Å²) in [5.74, 6) is 0.230. The van der Waals surface area contributed by atoms with Crippen molar-refractivity contribution in [1.82, 2.24) is 4.90 Å². The standard InChI is InChI=1S/C12H16N2O.ClHO4/c1-10(15)14-9-8-13(2)12(14)11-6-4-3-5-7-11;2-1(3,4)5/h3-7,12H,8-9H2,1-2H3;(H,2,3,4,5). The van der Waals surface area contributed by atoms with E-state index in [-0.39, 0.29) is 12.1 Å². The molecule has 1 saturated heterocycles. The predicted molar refractivity (Wildman–Crippen MR) is 58.3 cm³/mol. The minimum Gasteiger partial charge on any atom is -0.252 e. The third-order valence-electron chi connectivity index (χ3n) is 3.07. The first-order chi connectivity index (χ1) is 9.20. The zero-order valence-electron chi connectivity index (χ0n) is 11.2. The van der Waals surface area contributed by atoms with Crippen molar-refractivity contribution >= 4 is 5.91 Å². The summed E-state index contributed by atoms with van der Waals surface area (Å²) < 4.78 is 34.0. The number of benzene rings is 1. The molecular weight excluding hydrogens is 288 g/mol. The van der Waals surface area contributed by atoms with Gasteiger partial charge in [0.2, 0.25) is 0 Å². The number of hydrogen-bond acceptors (Lipinski definition) is 6. The molecule has 1 N–H and O–H groups in total. The van der Waals surface area contributed by atoms with E-state index < -0.39 is 10.2 Å². The van der Waals surface area contributed by atoms with Gasteiger partial charge < -0.3 is 0 Å². The van der Waals surface area contributed by atoms with Crippen molar-refractivity contribution in [3.8, 4) is 0 Å². The second kappa shape index (κ2) is 7.09. The maximum Gasteiger partial charge on any atom is 0.310 e. The van der Waals surface area contributed by atoms with E-state index in [2.05, 4.69) is 24.1 Å². The fraction of sp³-hybridized carbons (Fsp3) is 0.417. The first-order valence-corrected chi connectivity index (χ1v) is 7.17. The molecule has 20 heavy (non-hydrogen) atoms. The summed E-state index contributed by atoms with van der Waals surface area (Å²) in [5.41, 5.74) is 1.22. The van der Waals surface area contributed by atoms with Gasteiger partial charge in [0.1, 0.15) is 0 Å². The number of nitrogens with one attached hydrogen (secondary N) is 1. The summed E-state index contributed by atoms with van der Waals surface area (Å²) in [5, 5.41) is 0. The Morgan fingerprint density at radius 1 is 1.25 bits per heavy atom. The minimum atomic E-state index is -4.94. The van der Waals surface area contributed by atoms with Crippen LogP contribution in [0.25, 0.3) is 0 Å². The molecule has 1 aromatic carbocycles. The number of carbonyl (C=O) groups is 1. The van der Waals surface area contributed by atoms with Crippen molar-refractivity contribution in [2.45, 2.75) is 13.1 Å². The van der Waals surface area contributed by atoms with E-state index in [1.807, 2.05) is 18.2 Å². The minimum absolute atomic E-state index is 0.198. The van der Waals surface area contributed by atoms with Crippen molar-refractivity contribution in [3.63, 3.8) is 0 Å². The van der Waals surface area contributed by atoms with E-state index in [0.29, 0.717) is 0 Å². The lowest BCUT2D eigenvalue weighted by Gasteiger charge is -2.22. The maximum absolute atomic E-state index is 11.5. The number of hydrogen-bond donors (Lipinski definition) is 1. The molecule has 1 aromatic rings. The highest BCUT2D eigenvalue weighted by molar-refractivity contribution is 5.63. The van der Waals surface area contributed by atoms with Gasteiger partial charge in [-0.1, -0.05) is 30.3 Å². The molecule has 8 heteroatoms. The van der Waals surface area contributed by atoms with Gasteiger partial charge in [0.25, 0.3) is 0 Å². The molecule has 1 amide bonds. The predicted octanol–water partition coefficient (Wildman–Crippen LogP) is -4.69. The summed E-state index contributed by atoms with van der Waals surface area (Å²) in [6.45, 7) is 3.56. The van der Waals surface area contributed by atoms with Gasteiger partial charge in [0.15, 0.2) is 6.17 Å². The van der Waals surface area contributed by atoms with Gasteiger partial charge in [-0.15, -0.1) is 10.2 Å². The van der Waals surface area contributed by atoms with Crippen molar-refractivity contribution in [2.75, 3.05) is 20.1 Å². The summed E-state index contributed by atoms with van der Waals surface area (Å²) >= 11 is 0. The molecule has 0 spiro atoms. The number of amides is 1. The Morgan fingerprint density at radius 2 is 1.75 bits per heavy atom. The van der Waals surface area contributed by atoms with Gasteiger partial charge >= 0.3 is 5.91 Å². The lowest BCUT2D eigenvalue weighted by Crippen LogP contribution is -3.13. The zero-order valence-corrected chi connectivity index (χ0v) is 12.0. The van der Waals surface area contributed by atoms with Crippen LogP contribution in [0.3, 0.4) is 0 Å². The van der Waals surface area contributed by atoms with Crippen LogP contribution in [-0.2, 0) is 4.79 Å². The Hall–Kier alpha value is -1.06. The first-order valence-electron chi connectivity index (χ1n) is 5.93. The summed E-state index contributed by atoms with van der Waals surface area (Å²) in [6.07, 6.45) is 0.198. The van der Waals surface area contributed by atoms with Crippen LogP contribution < -0.4 is 23.5 Å². The van der Waals surface area contributed by atoms with E-state index in [1.54, 1.807) is 6.92 Å². The fourth-order valence-corrected chi connectivity index (χ4v) is 2.29. The average molecular weight is 305 g/mol. The highest BCUT2D eigenvalue weighted by atomic mass is 35.7. The van der Waals surface area contributed by atoms with Crippen LogP contribution in [0.5, 0.6) is 0 Å². The van der Waals surface area contributed by atoms with Gasteiger partial charge in [0.05, 0.1) is 20.0 Å². The van der Waals surface area contributed by atoms with Crippen LogP contribution in [0.1, 0.15) is 18.7 Å². The van der Waals surface area contributed by atoms with Gasteiger partial charge in [0, 0.05) is 5.56 Å². The maximum atomic E-state index is 11.5. The van der Waals surface area contributed by atoms with Crippen LogP contribution in [0, 0.1) is 10.2 Å². The van der Waals surface area contributed by atoms with Crippen molar-refractivity contribution < 1.29 is 38.6 Å². The Morgan fingerprint density at radius 3 is 2.20 bits per heavy atom. The molecule has 1 aliphatic rings. The quantitative estimate of drug-likeness (QED) is 0.557. The average Bonchev–Trinajstić information content (AvgIpc) is 2.70. The van der Waals surface area contributed by atoms with Crippen LogP contribution in [0.2, 0.25) is 0 Å². The van der Waals surface area contributed by atoms with Gasteiger partial charge in [-0.05, 0) is 7.05 Å². The lowest BCUT2D eigenvalue weighted by atomic mass is 10.1. The smallest absolute Gasteiger partial charge is 0.252 e. The normalized spacial score (nSPS) is 23.1. The summed E-state index contributed by atoms with van der Waals surface area (Å²) in [7, 11) is -2.87. The van der Waals surface area contributed by atoms with Gasteiger partial charge in [-0.2, -0.15) is 0 Å². The highest BCUT2D eigenvalue weighted by Crippen LogP contribution is 2.15. The lowest BCUT2D eigenvalue weighted by molar-refractivity contribution is -2.00. The topological polar surface area (TPSA) is 117 Å². The van der Waals surface area contributed by atoms with Crippen LogP contribution >= 0.6 is 0 Å². The van der Waals surface area contributed by atoms with E-state index in [4.69, 9.17) is 18.6 Å². The van der Waals surface area contributed by atoms with Crippen LogP contribution in [-0.4, -0.2) is 30.9 Å². The molecule has 0 saturated carbocycles. The monoisotopic (exact) mass is 304 g/mol. The molecule has 0 aromatic heterocycles. The van der Waals surface area contributed by atoms with Crippen LogP contribution in [0.4, 0.5) is 0 Å². The van der Waals surface area contributed by atoms with Crippen molar-refractivity contribution in [3.05, 3.63) is 35.9 Å². The van der Waals surface area contributed by atoms with Gasteiger partial charge in [-0.25, -0.2) is 28.3 Å². The molecule has 2 atom stereocenters. The van der Waals surface area contributed by atoms with E-state index >= 15 is 0 Å². The Balaban J connectivity index is 0.000000347. The number of likely N-dealkylation sites (N-methyl/N-ethyl adjacent to an activating group) is 1. The summed E-state index contributed by atoms with van der Waals surface area (Å²) in [6, 6.07) is 10.2. The Labute approximate surface area is 119 Å². The number of halogens is 1. The largest absolute Gasteiger partial charge is 0.310 e. The fourth-order valence-electron chi connectivity index (χ4n) is 2.29. The van der Waals surface area contributed by atoms with Crippen LogP contribution in [0.15, 0.2) is 30.3 Å². The summed E-state index contributed by atoms with van der Waals surface area (Å²) in [4.78, 5) is 14.8. The molecule has 7 nitrogen and oxygen atoms in total. The number of quaternary nitrogens is 1. The Kier molecular flexibility index (Phi) is 6.03. The van der Waals surface area contributed by atoms with Crippen molar-refractivity contribution in [2.24, 2.45) is 0 Å². The first kappa shape index (κ1) is 17.0. The highest BCUT2D eigenvalue weighted by Gasteiger charge is 2.37. The molecule has 2 rings (SSSR count). The molecule has 0 bridgehead atoms. The molecule has 2 unspecified atom stereocenters. The number of rotatable bonds is 1. The van der Waals surface area contributed by atoms with E-state index in [9.17, 15) is 4.79 Å². The molecule has 112 valence electrons. The van der Waals surface area contributed by atoms with Crippen molar-refractivity contribution in [1.29, 1.82) is 0 Å².